The molecule has 1 N–H and O–H groups in total. The first-order chi connectivity index (χ1) is 17.2. The second kappa shape index (κ2) is 11.7. The molecule has 3 rings (SSSR count). The van der Waals surface area contributed by atoms with Gasteiger partial charge in [-0.1, -0.05) is 0 Å². The normalized spacial score (nSPS) is 17.1. The van der Waals surface area contributed by atoms with E-state index in [4.69, 9.17) is 9.47 Å². The van der Waals surface area contributed by atoms with Crippen molar-refractivity contribution >= 4 is 49.0 Å². The molecule has 0 radical (unpaired) electrons. The van der Waals surface area contributed by atoms with E-state index in [-0.39, 0.29) is 23.9 Å². The standard InChI is InChI=1S/C24H39N5O5S3/c1-18-20(27-19-10-11-28(14-19)23(30)34-24(2,3)4)8-9-22(26-18)37(31,32)29(21-15-35-16-25-21)17-33-12-13-36(5,6)7/h8-9,15-16,19,27H,10-14,17H2,1-7H3/t19-/m0/s1. The number of aryl methyl sites for hydroxylation is 1. The molecule has 0 saturated carbocycles. The number of pyridine rings is 1. The molecule has 0 aromatic carbocycles. The first-order valence-corrected chi connectivity index (χ1v) is 17.4. The van der Waals surface area contributed by atoms with Crippen LogP contribution in [0.5, 0.6) is 0 Å². The van der Waals surface area contributed by atoms with E-state index in [1.807, 2.05) is 20.8 Å². The van der Waals surface area contributed by atoms with E-state index in [0.717, 1.165) is 22.2 Å². The Bertz CT molecular complexity index is 1160. The molecule has 2 aromatic heterocycles. The number of amides is 1. The molecule has 1 saturated heterocycles. The molecule has 10 nitrogen and oxygen atoms in total. The van der Waals surface area contributed by atoms with Gasteiger partial charge < -0.3 is 19.7 Å². The Morgan fingerprint density at radius 2 is 2.00 bits per heavy atom. The minimum Gasteiger partial charge on any atom is -0.444 e. The number of aromatic nitrogens is 2. The summed E-state index contributed by atoms with van der Waals surface area (Å²) in [6, 6.07) is 3.22. The molecule has 13 heteroatoms. The number of ether oxygens (including phenoxy) is 2. The highest BCUT2D eigenvalue weighted by atomic mass is 32.3. The van der Waals surface area contributed by atoms with Crippen LogP contribution in [0.25, 0.3) is 0 Å². The summed E-state index contributed by atoms with van der Waals surface area (Å²) in [5.74, 6) is 1.19. The van der Waals surface area contributed by atoms with Gasteiger partial charge in [0.25, 0.3) is 10.0 Å². The zero-order valence-electron chi connectivity index (χ0n) is 22.7. The lowest BCUT2D eigenvalue weighted by Crippen LogP contribution is -2.36. The topological polar surface area (TPSA) is 114 Å². The molecule has 0 spiro atoms. The van der Waals surface area contributed by atoms with Gasteiger partial charge in [0.05, 0.1) is 23.5 Å². The van der Waals surface area contributed by atoms with Gasteiger partial charge in [0.1, 0.15) is 12.3 Å². The van der Waals surface area contributed by atoms with Crippen LogP contribution in [0.3, 0.4) is 0 Å². The molecule has 0 unspecified atom stereocenters. The second-order valence-electron chi connectivity index (χ2n) is 10.9. The first kappa shape index (κ1) is 29.5. The van der Waals surface area contributed by atoms with Crippen molar-refractivity contribution in [2.75, 3.05) is 60.6 Å². The summed E-state index contributed by atoms with van der Waals surface area (Å²) < 4.78 is 39.5. The van der Waals surface area contributed by atoms with Gasteiger partial charge in [0.2, 0.25) is 0 Å². The Kier molecular flexibility index (Phi) is 9.36. The average molecular weight is 574 g/mol. The molecular weight excluding hydrogens is 534 g/mol. The Balaban J connectivity index is 1.69. The predicted molar refractivity (Wildman–Crippen MR) is 152 cm³/mol. The SMILES string of the molecule is Cc1nc(S(=O)(=O)N(COCCS(C)(C)C)c2cscn2)ccc1N[C@H]1CCN(C(=O)OC(C)(C)C)C1. The second-order valence-corrected chi connectivity index (χ2v) is 18.0. The van der Waals surface area contributed by atoms with Crippen molar-refractivity contribution in [1.29, 1.82) is 0 Å². The maximum absolute atomic E-state index is 13.5. The minimum atomic E-state index is -3.99. The van der Waals surface area contributed by atoms with E-state index in [0.29, 0.717) is 31.2 Å². The zero-order valence-corrected chi connectivity index (χ0v) is 25.1. The monoisotopic (exact) mass is 573 g/mol. The largest absolute Gasteiger partial charge is 0.444 e. The summed E-state index contributed by atoms with van der Waals surface area (Å²) in [5.41, 5.74) is 2.31. The van der Waals surface area contributed by atoms with Crippen LogP contribution in [0.2, 0.25) is 0 Å². The number of likely N-dealkylation sites (tertiary alicyclic amines) is 1. The van der Waals surface area contributed by atoms with E-state index >= 15 is 0 Å². The van der Waals surface area contributed by atoms with Gasteiger partial charge in [0.15, 0.2) is 10.8 Å². The molecule has 0 bridgehead atoms. The van der Waals surface area contributed by atoms with E-state index in [2.05, 4.69) is 34.1 Å². The highest BCUT2D eigenvalue weighted by Crippen LogP contribution is 2.33. The van der Waals surface area contributed by atoms with E-state index in [1.165, 1.54) is 17.4 Å². The molecule has 3 heterocycles. The third-order valence-electron chi connectivity index (χ3n) is 5.54. The summed E-state index contributed by atoms with van der Waals surface area (Å²) >= 11 is 1.31. The fraction of sp³-hybridized carbons (Fsp3) is 0.625. The minimum absolute atomic E-state index is 0.0142. The van der Waals surface area contributed by atoms with E-state index < -0.39 is 25.7 Å². The number of sulfonamides is 1. The van der Waals surface area contributed by atoms with Crippen molar-refractivity contribution in [1.82, 2.24) is 14.9 Å². The van der Waals surface area contributed by atoms with Gasteiger partial charge in [-0.2, -0.15) is 8.42 Å². The fourth-order valence-electron chi connectivity index (χ4n) is 3.58. The average Bonchev–Trinajstić information content (AvgIpc) is 3.45. The van der Waals surface area contributed by atoms with Crippen molar-refractivity contribution in [3.63, 3.8) is 0 Å². The van der Waals surface area contributed by atoms with Crippen molar-refractivity contribution in [3.8, 4) is 0 Å². The van der Waals surface area contributed by atoms with Crippen molar-refractivity contribution < 1.29 is 22.7 Å². The third kappa shape index (κ3) is 8.45. The highest BCUT2D eigenvalue weighted by molar-refractivity contribution is 8.32. The zero-order chi connectivity index (χ0) is 27.4. The summed E-state index contributed by atoms with van der Waals surface area (Å²) in [5, 5.41) is 5.00. The van der Waals surface area contributed by atoms with Crippen molar-refractivity contribution in [2.45, 2.75) is 50.8 Å². The first-order valence-electron chi connectivity index (χ1n) is 12.0. The number of hydrogen-bond acceptors (Lipinski definition) is 9. The lowest BCUT2D eigenvalue weighted by Gasteiger charge is -2.26. The van der Waals surface area contributed by atoms with Gasteiger partial charge in [-0.15, -0.1) is 11.3 Å². The van der Waals surface area contributed by atoms with Crippen LogP contribution in [0, 0.1) is 6.92 Å². The molecule has 1 atom stereocenters. The maximum Gasteiger partial charge on any atom is 0.410 e. The summed E-state index contributed by atoms with van der Waals surface area (Å²) in [7, 11) is -4.75. The Labute approximate surface area is 226 Å². The number of hydrogen-bond donors (Lipinski definition) is 1. The van der Waals surface area contributed by atoms with Crippen molar-refractivity contribution in [2.24, 2.45) is 0 Å². The van der Waals surface area contributed by atoms with Crippen LogP contribution in [-0.2, 0) is 19.5 Å². The van der Waals surface area contributed by atoms with Gasteiger partial charge in [-0.25, -0.2) is 29.1 Å². The Morgan fingerprint density at radius 1 is 1.27 bits per heavy atom. The number of carbonyl (C=O) groups is 1. The quantitative estimate of drug-likeness (QED) is 0.333. The van der Waals surface area contributed by atoms with Crippen LogP contribution in [-0.4, -0.2) is 92.0 Å². The van der Waals surface area contributed by atoms with Crippen LogP contribution >= 0.6 is 21.4 Å². The van der Waals surface area contributed by atoms with Crippen LogP contribution < -0.4 is 9.62 Å². The molecule has 1 aliphatic rings. The molecule has 0 aliphatic carbocycles. The molecule has 2 aromatic rings. The molecule has 1 aliphatic heterocycles. The maximum atomic E-state index is 13.5. The molecule has 1 fully saturated rings. The smallest absolute Gasteiger partial charge is 0.410 e. The number of rotatable bonds is 10. The molecule has 1 amide bonds. The predicted octanol–water partition coefficient (Wildman–Crippen LogP) is 4.13. The number of anilines is 2. The van der Waals surface area contributed by atoms with Crippen molar-refractivity contribution in [3.05, 3.63) is 28.7 Å². The van der Waals surface area contributed by atoms with Gasteiger partial charge >= 0.3 is 6.09 Å². The molecular formula is C24H39N5O5S3. The summed E-state index contributed by atoms with van der Waals surface area (Å²) in [4.78, 5) is 22.7. The number of carbonyl (C=O) groups excluding carboxylic acids is 1. The van der Waals surface area contributed by atoms with Crippen LogP contribution in [0.15, 0.2) is 28.0 Å². The Hall–Kier alpha value is -2.09. The van der Waals surface area contributed by atoms with Crippen LogP contribution in [0.1, 0.15) is 32.9 Å². The summed E-state index contributed by atoms with van der Waals surface area (Å²) in [6.07, 6.45) is 6.99. The number of thiazole rings is 1. The van der Waals surface area contributed by atoms with Gasteiger partial charge in [-0.3, -0.25) is 0 Å². The summed E-state index contributed by atoms with van der Waals surface area (Å²) in [6.45, 7) is 8.71. The van der Waals surface area contributed by atoms with Gasteiger partial charge in [-0.05, 0) is 65.0 Å². The molecule has 37 heavy (non-hydrogen) atoms. The van der Waals surface area contributed by atoms with Crippen LogP contribution in [0.4, 0.5) is 16.3 Å². The number of nitrogens with zero attached hydrogens (tertiary/aromatic N) is 4. The fourth-order valence-corrected chi connectivity index (χ4v) is 6.08. The lowest BCUT2D eigenvalue weighted by atomic mass is 10.2. The van der Waals surface area contributed by atoms with Gasteiger partial charge in [0, 0.05) is 30.3 Å². The number of nitrogens with one attached hydrogen (secondary N) is 1. The Morgan fingerprint density at radius 3 is 2.59 bits per heavy atom. The van der Waals surface area contributed by atoms with E-state index in [1.54, 1.807) is 28.8 Å². The molecule has 208 valence electrons. The van der Waals surface area contributed by atoms with E-state index in [9.17, 15) is 13.2 Å². The highest BCUT2D eigenvalue weighted by Gasteiger charge is 2.31. The lowest BCUT2D eigenvalue weighted by molar-refractivity contribution is 0.0293. The third-order valence-corrected chi connectivity index (χ3v) is 9.13.